The number of rotatable bonds is 4. The highest BCUT2D eigenvalue weighted by Gasteiger charge is 2.16. The van der Waals surface area contributed by atoms with Crippen LogP contribution in [-0.2, 0) is 4.74 Å². The van der Waals surface area contributed by atoms with E-state index in [1.54, 1.807) is 0 Å². The lowest BCUT2D eigenvalue weighted by Crippen LogP contribution is -2.19. The first-order valence-electron chi connectivity index (χ1n) is 5.87. The molecule has 0 amide bonds. The summed E-state index contributed by atoms with van der Waals surface area (Å²) in [7, 11) is 0. The van der Waals surface area contributed by atoms with Crippen LogP contribution >= 0.6 is 0 Å². The maximum atomic E-state index is 5.88. The Morgan fingerprint density at radius 1 is 1.69 bits per heavy atom. The highest BCUT2D eigenvalue weighted by molar-refractivity contribution is 5.59. The van der Waals surface area contributed by atoms with Crippen LogP contribution in [0.25, 0.3) is 0 Å². The van der Waals surface area contributed by atoms with Crippen molar-refractivity contribution in [3.63, 3.8) is 0 Å². The Kier molecular flexibility index (Phi) is 3.33. The van der Waals surface area contributed by atoms with E-state index in [1.807, 2.05) is 10.9 Å². The number of hydrogen-bond donors (Lipinski definition) is 2. The van der Waals surface area contributed by atoms with Crippen LogP contribution in [-0.4, -0.2) is 29.0 Å². The summed E-state index contributed by atoms with van der Waals surface area (Å²) in [5.41, 5.74) is 6.58. The molecule has 1 atom stereocenters. The van der Waals surface area contributed by atoms with Crippen molar-refractivity contribution in [1.82, 2.24) is 9.78 Å². The summed E-state index contributed by atoms with van der Waals surface area (Å²) in [5.74, 6) is 0.768. The quantitative estimate of drug-likeness (QED) is 0.816. The van der Waals surface area contributed by atoms with Crippen LogP contribution in [0.3, 0.4) is 0 Å². The molecule has 0 aliphatic carbocycles. The second-order valence-electron chi connectivity index (χ2n) is 4.52. The minimum absolute atomic E-state index is 0.309. The maximum Gasteiger partial charge on any atom is 0.171 e. The molecule has 0 aromatic carbocycles. The number of nitrogens with one attached hydrogen (secondary N) is 1. The second-order valence-corrected chi connectivity index (χ2v) is 4.52. The summed E-state index contributed by atoms with van der Waals surface area (Å²) in [5, 5.41) is 7.64. The Balaban J connectivity index is 1.92. The van der Waals surface area contributed by atoms with Crippen LogP contribution < -0.4 is 11.1 Å². The van der Waals surface area contributed by atoms with E-state index in [9.17, 15) is 0 Å². The predicted molar refractivity (Wildman–Crippen MR) is 64.5 cm³/mol. The molecular formula is C11H20N4O. The average molecular weight is 224 g/mol. The molecular weight excluding hydrogens is 204 g/mol. The number of ether oxygens (including phenoxy) is 1. The number of nitrogens with zero attached hydrogens (tertiary/aromatic N) is 2. The van der Waals surface area contributed by atoms with Crippen molar-refractivity contribution in [2.45, 2.75) is 38.8 Å². The maximum absolute atomic E-state index is 5.88. The molecule has 0 saturated carbocycles. The lowest BCUT2D eigenvalue weighted by molar-refractivity contribution is 0.120. The summed E-state index contributed by atoms with van der Waals surface area (Å²) in [6, 6.07) is 0.334. The van der Waals surface area contributed by atoms with Crippen molar-refractivity contribution < 1.29 is 4.74 Å². The third kappa shape index (κ3) is 2.47. The Bertz CT molecular complexity index is 342. The second kappa shape index (κ2) is 4.74. The zero-order chi connectivity index (χ0) is 11.5. The first-order valence-corrected chi connectivity index (χ1v) is 5.87. The molecule has 1 saturated heterocycles. The molecule has 1 fully saturated rings. The lowest BCUT2D eigenvalue weighted by Gasteiger charge is -2.10. The summed E-state index contributed by atoms with van der Waals surface area (Å²) in [4.78, 5) is 0. The van der Waals surface area contributed by atoms with Crippen molar-refractivity contribution in [2.24, 2.45) is 0 Å². The van der Waals surface area contributed by atoms with E-state index in [-0.39, 0.29) is 0 Å². The Hall–Kier alpha value is -1.23. The van der Waals surface area contributed by atoms with Crippen LogP contribution in [0.4, 0.5) is 11.5 Å². The summed E-state index contributed by atoms with van der Waals surface area (Å²) < 4.78 is 7.40. The molecule has 2 rings (SSSR count). The van der Waals surface area contributed by atoms with Crippen molar-refractivity contribution >= 4 is 11.5 Å². The third-order valence-corrected chi connectivity index (χ3v) is 2.81. The summed E-state index contributed by atoms with van der Waals surface area (Å²) in [6.07, 6.45) is 4.45. The predicted octanol–water partition coefficient (Wildman–Crippen LogP) is 1.64. The largest absolute Gasteiger partial charge is 0.394 e. The van der Waals surface area contributed by atoms with Crippen molar-refractivity contribution in [1.29, 1.82) is 0 Å². The molecule has 1 aliphatic heterocycles. The van der Waals surface area contributed by atoms with E-state index in [2.05, 4.69) is 24.3 Å². The molecule has 5 heteroatoms. The van der Waals surface area contributed by atoms with E-state index in [1.165, 1.54) is 0 Å². The van der Waals surface area contributed by atoms with Gasteiger partial charge < -0.3 is 15.8 Å². The molecule has 0 bridgehead atoms. The van der Waals surface area contributed by atoms with Gasteiger partial charge in [0, 0.05) is 19.2 Å². The number of hydrogen-bond acceptors (Lipinski definition) is 4. The van der Waals surface area contributed by atoms with E-state index < -0.39 is 0 Å². The number of nitrogen functional groups attached to an aromatic ring is 1. The van der Waals surface area contributed by atoms with Gasteiger partial charge in [-0.2, -0.15) is 5.10 Å². The Labute approximate surface area is 96.0 Å². The number of nitrogens with two attached hydrogens (primary N) is 1. The zero-order valence-electron chi connectivity index (χ0n) is 9.94. The van der Waals surface area contributed by atoms with Gasteiger partial charge in [-0.25, -0.2) is 0 Å². The molecule has 1 aliphatic rings. The van der Waals surface area contributed by atoms with Crippen LogP contribution in [0.15, 0.2) is 6.20 Å². The smallest absolute Gasteiger partial charge is 0.171 e. The molecule has 5 nitrogen and oxygen atoms in total. The lowest BCUT2D eigenvalue weighted by atomic mass is 10.2. The summed E-state index contributed by atoms with van der Waals surface area (Å²) >= 11 is 0. The van der Waals surface area contributed by atoms with Crippen molar-refractivity contribution in [2.75, 3.05) is 24.2 Å². The first kappa shape index (κ1) is 11.3. The van der Waals surface area contributed by atoms with Crippen LogP contribution in [0.5, 0.6) is 0 Å². The molecule has 2 heterocycles. The van der Waals surface area contributed by atoms with Gasteiger partial charge in [0.2, 0.25) is 0 Å². The third-order valence-electron chi connectivity index (χ3n) is 2.81. The van der Waals surface area contributed by atoms with Gasteiger partial charge in [0.05, 0.1) is 18.0 Å². The Morgan fingerprint density at radius 2 is 2.50 bits per heavy atom. The van der Waals surface area contributed by atoms with E-state index in [4.69, 9.17) is 10.5 Å². The minimum Gasteiger partial charge on any atom is -0.394 e. The van der Waals surface area contributed by atoms with E-state index in [0.29, 0.717) is 17.8 Å². The van der Waals surface area contributed by atoms with Crippen LogP contribution in [0.1, 0.15) is 32.7 Å². The monoisotopic (exact) mass is 224 g/mol. The highest BCUT2D eigenvalue weighted by Crippen LogP contribution is 2.19. The topological polar surface area (TPSA) is 65.1 Å². The fourth-order valence-electron chi connectivity index (χ4n) is 1.82. The van der Waals surface area contributed by atoms with Crippen molar-refractivity contribution in [3.05, 3.63) is 6.20 Å². The molecule has 90 valence electrons. The molecule has 1 unspecified atom stereocenters. The van der Waals surface area contributed by atoms with Gasteiger partial charge in [-0.1, -0.05) is 0 Å². The van der Waals surface area contributed by atoms with Gasteiger partial charge in [-0.15, -0.1) is 0 Å². The molecule has 3 N–H and O–H groups in total. The van der Waals surface area contributed by atoms with Gasteiger partial charge in [0.1, 0.15) is 0 Å². The fraction of sp³-hybridized carbons (Fsp3) is 0.727. The average Bonchev–Trinajstić information content (AvgIpc) is 2.84. The van der Waals surface area contributed by atoms with Crippen LogP contribution in [0.2, 0.25) is 0 Å². The molecule has 16 heavy (non-hydrogen) atoms. The van der Waals surface area contributed by atoms with E-state index in [0.717, 1.165) is 31.8 Å². The molecule has 0 spiro atoms. The Morgan fingerprint density at radius 3 is 3.06 bits per heavy atom. The summed E-state index contributed by atoms with van der Waals surface area (Å²) in [6.45, 7) is 5.83. The minimum atomic E-state index is 0.309. The standard InChI is InChI=1S/C11H20N4O/c1-8(2)15-7-10(12)11(14-15)13-6-9-4-3-5-16-9/h7-9H,3-6,12H2,1-2H3,(H,13,14). The number of aromatic nitrogens is 2. The van der Waals surface area contributed by atoms with E-state index >= 15 is 0 Å². The number of anilines is 2. The van der Waals surface area contributed by atoms with Crippen molar-refractivity contribution in [3.8, 4) is 0 Å². The van der Waals surface area contributed by atoms with Gasteiger partial charge in [0.15, 0.2) is 5.82 Å². The molecule has 1 aromatic heterocycles. The first-order chi connectivity index (χ1) is 7.66. The molecule has 1 aromatic rings. The van der Waals surface area contributed by atoms with Crippen LogP contribution in [0, 0.1) is 0 Å². The fourth-order valence-corrected chi connectivity index (χ4v) is 1.82. The van der Waals surface area contributed by atoms with Gasteiger partial charge in [0.25, 0.3) is 0 Å². The van der Waals surface area contributed by atoms with Gasteiger partial charge in [-0.3, -0.25) is 4.68 Å². The normalized spacial score (nSPS) is 20.6. The van der Waals surface area contributed by atoms with Gasteiger partial charge >= 0.3 is 0 Å². The SMILES string of the molecule is CC(C)n1cc(N)c(NCC2CCCO2)n1. The highest BCUT2D eigenvalue weighted by atomic mass is 16.5. The molecule has 0 radical (unpaired) electrons. The zero-order valence-corrected chi connectivity index (χ0v) is 9.94. The van der Waals surface area contributed by atoms with Gasteiger partial charge in [-0.05, 0) is 26.7 Å².